The maximum Gasteiger partial charge on any atom is 0.0713 e. The first-order valence-corrected chi connectivity index (χ1v) is 4.79. The first kappa shape index (κ1) is 11.2. The highest BCUT2D eigenvalue weighted by Gasteiger charge is 2.19. The van der Waals surface area contributed by atoms with Crippen molar-refractivity contribution >= 4 is 0 Å². The van der Waals surface area contributed by atoms with Crippen molar-refractivity contribution in [2.45, 2.75) is 25.9 Å². The lowest BCUT2D eigenvalue weighted by atomic mass is 9.85. The number of aliphatic hydroxyl groups excluding tert-OH is 1. The smallest absolute Gasteiger partial charge is 0.0713 e. The summed E-state index contributed by atoms with van der Waals surface area (Å²) in [5.74, 6) is 0. The third-order valence-corrected chi connectivity index (χ3v) is 2.41. The van der Waals surface area contributed by atoms with Crippen LogP contribution in [0.5, 0.6) is 0 Å². The van der Waals surface area contributed by atoms with E-state index in [2.05, 4.69) is 6.07 Å². The summed E-state index contributed by atoms with van der Waals surface area (Å²) in [4.78, 5) is 0. The fourth-order valence-corrected chi connectivity index (χ4v) is 1.34. The van der Waals surface area contributed by atoms with Gasteiger partial charge in [0.2, 0.25) is 0 Å². The molecule has 0 atom stereocenters. The molecule has 0 aliphatic heterocycles. The second kappa shape index (κ2) is 4.58. The molecule has 1 rings (SSSR count). The molecule has 0 saturated heterocycles. The number of hydrogen-bond donors (Lipinski definition) is 1. The summed E-state index contributed by atoms with van der Waals surface area (Å²) in [5, 5.41) is 9.24. The highest BCUT2D eigenvalue weighted by Crippen LogP contribution is 2.23. The van der Waals surface area contributed by atoms with Crippen molar-refractivity contribution in [3.8, 4) is 0 Å². The van der Waals surface area contributed by atoms with Crippen molar-refractivity contribution in [3.05, 3.63) is 35.4 Å². The van der Waals surface area contributed by atoms with Crippen LogP contribution in [0.25, 0.3) is 0 Å². The van der Waals surface area contributed by atoms with Crippen LogP contribution in [-0.2, 0) is 16.8 Å². The van der Waals surface area contributed by atoms with E-state index in [0.717, 1.165) is 11.1 Å². The maximum atomic E-state index is 9.24. The Bertz CT molecular complexity index is 292. The summed E-state index contributed by atoms with van der Waals surface area (Å²) in [7, 11) is 1.68. The van der Waals surface area contributed by atoms with Crippen molar-refractivity contribution in [2.24, 2.45) is 0 Å². The van der Waals surface area contributed by atoms with E-state index in [4.69, 9.17) is 4.74 Å². The predicted molar refractivity (Wildman–Crippen MR) is 57.3 cm³/mol. The Kier molecular flexibility index (Phi) is 3.67. The van der Waals surface area contributed by atoms with Gasteiger partial charge in [-0.2, -0.15) is 0 Å². The second-order valence-electron chi connectivity index (χ2n) is 4.18. The molecule has 0 spiro atoms. The second-order valence-corrected chi connectivity index (χ2v) is 4.18. The number of methoxy groups -OCH3 is 1. The standard InChI is InChI=1S/C12H18O2/c1-12(2,9-13)11-6-4-5-10(7-11)8-14-3/h4-7,13H,8-9H2,1-3H3. The van der Waals surface area contributed by atoms with Gasteiger partial charge >= 0.3 is 0 Å². The van der Waals surface area contributed by atoms with Gasteiger partial charge in [-0.1, -0.05) is 38.1 Å². The fraction of sp³-hybridized carbons (Fsp3) is 0.500. The van der Waals surface area contributed by atoms with Crippen LogP contribution in [0.15, 0.2) is 24.3 Å². The van der Waals surface area contributed by atoms with Gasteiger partial charge in [-0.3, -0.25) is 0 Å². The van der Waals surface area contributed by atoms with Gasteiger partial charge in [0.05, 0.1) is 13.2 Å². The molecule has 0 fully saturated rings. The van der Waals surface area contributed by atoms with E-state index in [1.165, 1.54) is 0 Å². The van der Waals surface area contributed by atoms with Crippen molar-refractivity contribution in [3.63, 3.8) is 0 Å². The molecule has 2 nitrogen and oxygen atoms in total. The zero-order valence-electron chi connectivity index (χ0n) is 9.08. The van der Waals surface area contributed by atoms with Crippen LogP contribution in [0, 0.1) is 0 Å². The lowest BCUT2D eigenvalue weighted by Gasteiger charge is -2.22. The van der Waals surface area contributed by atoms with E-state index in [0.29, 0.717) is 6.61 Å². The number of aliphatic hydroxyl groups is 1. The van der Waals surface area contributed by atoms with Crippen LogP contribution < -0.4 is 0 Å². The zero-order chi connectivity index (χ0) is 10.6. The van der Waals surface area contributed by atoms with Crippen LogP contribution >= 0.6 is 0 Å². The summed E-state index contributed by atoms with van der Waals surface area (Å²) in [5.41, 5.74) is 2.12. The molecular formula is C12H18O2. The van der Waals surface area contributed by atoms with Gasteiger partial charge in [0.25, 0.3) is 0 Å². The third kappa shape index (κ3) is 2.56. The lowest BCUT2D eigenvalue weighted by Crippen LogP contribution is -2.22. The average Bonchev–Trinajstić information content (AvgIpc) is 2.19. The van der Waals surface area contributed by atoms with Crippen molar-refractivity contribution in [1.29, 1.82) is 0 Å². The summed E-state index contributed by atoms with van der Waals surface area (Å²) >= 11 is 0. The minimum atomic E-state index is -0.177. The highest BCUT2D eigenvalue weighted by atomic mass is 16.5. The van der Waals surface area contributed by atoms with Gasteiger partial charge < -0.3 is 9.84 Å². The van der Waals surface area contributed by atoms with Crippen molar-refractivity contribution < 1.29 is 9.84 Å². The van der Waals surface area contributed by atoms with Crippen LogP contribution in [0.2, 0.25) is 0 Å². The van der Waals surface area contributed by atoms with E-state index in [-0.39, 0.29) is 12.0 Å². The molecule has 78 valence electrons. The molecule has 0 unspecified atom stereocenters. The number of hydrogen-bond acceptors (Lipinski definition) is 2. The van der Waals surface area contributed by atoms with Crippen molar-refractivity contribution in [1.82, 2.24) is 0 Å². The molecule has 0 radical (unpaired) electrons. The molecule has 0 bridgehead atoms. The molecule has 0 amide bonds. The fourth-order valence-electron chi connectivity index (χ4n) is 1.34. The molecule has 1 aromatic rings. The van der Waals surface area contributed by atoms with Crippen LogP contribution in [-0.4, -0.2) is 18.8 Å². The molecule has 1 aromatic carbocycles. The lowest BCUT2D eigenvalue weighted by molar-refractivity contribution is 0.184. The van der Waals surface area contributed by atoms with E-state index in [9.17, 15) is 5.11 Å². The van der Waals surface area contributed by atoms with Crippen LogP contribution in [0.4, 0.5) is 0 Å². The highest BCUT2D eigenvalue weighted by molar-refractivity contribution is 5.28. The normalized spacial score (nSPS) is 11.7. The topological polar surface area (TPSA) is 29.5 Å². The Hall–Kier alpha value is -0.860. The molecule has 0 aliphatic carbocycles. The molecule has 0 aromatic heterocycles. The summed E-state index contributed by atoms with van der Waals surface area (Å²) in [6, 6.07) is 8.15. The van der Waals surface area contributed by atoms with E-state index in [1.54, 1.807) is 7.11 Å². The Labute approximate surface area is 85.5 Å². The molecular weight excluding hydrogens is 176 g/mol. The Morgan fingerprint density at radius 1 is 1.36 bits per heavy atom. The average molecular weight is 194 g/mol. The molecule has 0 aliphatic rings. The number of ether oxygens (including phenoxy) is 1. The van der Waals surface area contributed by atoms with Crippen LogP contribution in [0.1, 0.15) is 25.0 Å². The van der Waals surface area contributed by atoms with Gasteiger partial charge in [0.15, 0.2) is 0 Å². The minimum absolute atomic E-state index is 0.156. The van der Waals surface area contributed by atoms with Gasteiger partial charge in [-0.15, -0.1) is 0 Å². The van der Waals surface area contributed by atoms with Gasteiger partial charge in [-0.05, 0) is 11.1 Å². The van der Waals surface area contributed by atoms with Crippen molar-refractivity contribution in [2.75, 3.05) is 13.7 Å². The van der Waals surface area contributed by atoms with Gasteiger partial charge in [-0.25, -0.2) is 0 Å². The minimum Gasteiger partial charge on any atom is -0.395 e. The van der Waals surface area contributed by atoms with Gasteiger partial charge in [0, 0.05) is 12.5 Å². The molecule has 2 heteroatoms. The molecule has 0 heterocycles. The van der Waals surface area contributed by atoms with Gasteiger partial charge in [0.1, 0.15) is 0 Å². The largest absolute Gasteiger partial charge is 0.395 e. The first-order chi connectivity index (χ1) is 6.60. The van der Waals surface area contributed by atoms with Crippen LogP contribution in [0.3, 0.4) is 0 Å². The van der Waals surface area contributed by atoms with E-state index < -0.39 is 0 Å². The maximum absolute atomic E-state index is 9.24. The Balaban J connectivity index is 2.93. The summed E-state index contributed by atoms with van der Waals surface area (Å²) < 4.78 is 5.07. The molecule has 0 saturated carbocycles. The molecule has 14 heavy (non-hydrogen) atoms. The van der Waals surface area contributed by atoms with E-state index in [1.807, 2.05) is 32.0 Å². The monoisotopic (exact) mass is 194 g/mol. The van der Waals surface area contributed by atoms with E-state index >= 15 is 0 Å². The third-order valence-electron chi connectivity index (χ3n) is 2.41. The summed E-state index contributed by atoms with van der Waals surface area (Å²) in [6.07, 6.45) is 0. The number of benzene rings is 1. The zero-order valence-corrected chi connectivity index (χ0v) is 9.08. The summed E-state index contributed by atoms with van der Waals surface area (Å²) in [6.45, 7) is 4.83. The Morgan fingerprint density at radius 3 is 2.64 bits per heavy atom. The quantitative estimate of drug-likeness (QED) is 0.795. The first-order valence-electron chi connectivity index (χ1n) is 4.79. The Morgan fingerprint density at radius 2 is 2.07 bits per heavy atom. The predicted octanol–water partition coefficient (Wildman–Crippen LogP) is 2.10. The SMILES string of the molecule is COCc1cccc(C(C)(C)CO)c1. The number of rotatable bonds is 4. The molecule has 1 N–H and O–H groups in total.